The van der Waals surface area contributed by atoms with Crippen LogP contribution in [0.5, 0.6) is 0 Å². The Labute approximate surface area is 197 Å². The predicted molar refractivity (Wildman–Crippen MR) is 133 cm³/mol. The first-order valence-electron chi connectivity index (χ1n) is 11.3. The molecule has 0 aliphatic carbocycles. The molecule has 2 heterocycles. The number of aromatic amines is 1. The second-order valence-electron chi connectivity index (χ2n) is 8.22. The van der Waals surface area contributed by atoms with E-state index in [9.17, 15) is 9.18 Å². The molecule has 4 nitrogen and oxygen atoms in total. The highest BCUT2D eigenvalue weighted by Gasteiger charge is 2.24. The topological polar surface area (TPSA) is 57.8 Å². The van der Waals surface area contributed by atoms with Crippen LogP contribution < -0.4 is 5.32 Å². The number of carbonyl (C=O) groups is 1. The van der Waals surface area contributed by atoms with Crippen LogP contribution in [0.3, 0.4) is 0 Å². The van der Waals surface area contributed by atoms with E-state index >= 15 is 0 Å². The summed E-state index contributed by atoms with van der Waals surface area (Å²) in [5.74, 6) is -0.248. The van der Waals surface area contributed by atoms with E-state index in [-0.39, 0.29) is 11.6 Å². The number of ketones is 1. The molecule has 5 heteroatoms. The average Bonchev–Trinajstić information content (AvgIpc) is 3.32. The molecule has 2 N–H and O–H groups in total. The van der Waals surface area contributed by atoms with Crippen LogP contribution in [0.2, 0.25) is 0 Å². The van der Waals surface area contributed by atoms with Gasteiger partial charge in [-0.2, -0.15) is 0 Å². The number of pyridine rings is 1. The highest BCUT2D eigenvalue weighted by atomic mass is 19.1. The Morgan fingerprint density at radius 3 is 2.50 bits per heavy atom. The Balaban J connectivity index is 1.40. The summed E-state index contributed by atoms with van der Waals surface area (Å²) in [5, 5.41) is 4.30. The Kier molecular flexibility index (Phi) is 6.27. The van der Waals surface area contributed by atoms with Gasteiger partial charge < -0.3 is 10.3 Å². The maximum absolute atomic E-state index is 13.7. The highest BCUT2D eigenvalue weighted by Crippen LogP contribution is 2.28. The zero-order valence-corrected chi connectivity index (χ0v) is 18.5. The molecule has 0 spiro atoms. The van der Waals surface area contributed by atoms with Gasteiger partial charge in [-0.25, -0.2) is 4.39 Å². The molecule has 3 aromatic carbocycles. The summed E-state index contributed by atoms with van der Waals surface area (Å²) in [6.07, 6.45) is 4.25. The van der Waals surface area contributed by atoms with Gasteiger partial charge in [-0.15, -0.1) is 0 Å². The lowest BCUT2D eigenvalue weighted by Gasteiger charge is -2.18. The van der Waals surface area contributed by atoms with Gasteiger partial charge in [-0.1, -0.05) is 60.7 Å². The van der Waals surface area contributed by atoms with Crippen molar-refractivity contribution in [1.82, 2.24) is 15.3 Å². The number of aromatic nitrogens is 2. The van der Waals surface area contributed by atoms with Crippen molar-refractivity contribution in [2.24, 2.45) is 0 Å². The van der Waals surface area contributed by atoms with Crippen molar-refractivity contribution in [2.45, 2.75) is 12.5 Å². The molecular weight excluding hydrogens is 425 g/mol. The van der Waals surface area contributed by atoms with Crippen LogP contribution in [-0.4, -0.2) is 22.3 Å². The first-order chi connectivity index (χ1) is 16.7. The van der Waals surface area contributed by atoms with Crippen LogP contribution in [0, 0.1) is 5.82 Å². The summed E-state index contributed by atoms with van der Waals surface area (Å²) in [6, 6.07) is 27.5. The maximum atomic E-state index is 13.7. The molecule has 168 valence electrons. The van der Waals surface area contributed by atoms with Gasteiger partial charge in [0.05, 0.1) is 11.7 Å². The fraction of sp³-hybridized carbons (Fsp3) is 0.103. The number of Topliss-reactive ketones (excluding diaryl/α,β-unsaturated/α-hetero) is 1. The summed E-state index contributed by atoms with van der Waals surface area (Å²) >= 11 is 0. The lowest BCUT2D eigenvalue weighted by molar-refractivity contribution is 0.0945. The molecule has 0 fully saturated rings. The van der Waals surface area contributed by atoms with Crippen molar-refractivity contribution in [3.63, 3.8) is 0 Å². The lowest BCUT2D eigenvalue weighted by Crippen LogP contribution is -2.30. The SMILES string of the molecule is O=C(c1c[nH]c2cc(-c3ccccn3)ccc12)[C@H](NCCc1ccc(F)cc1)c1ccccc1. The first kappa shape index (κ1) is 21.7. The quantitative estimate of drug-likeness (QED) is 0.280. The van der Waals surface area contributed by atoms with Gasteiger partial charge in [-0.3, -0.25) is 9.78 Å². The first-order valence-corrected chi connectivity index (χ1v) is 11.3. The van der Waals surface area contributed by atoms with E-state index in [1.54, 1.807) is 24.5 Å². The van der Waals surface area contributed by atoms with E-state index < -0.39 is 6.04 Å². The molecule has 0 unspecified atom stereocenters. The van der Waals surface area contributed by atoms with Gasteiger partial charge in [0, 0.05) is 41.0 Å². The number of rotatable bonds is 8. The van der Waals surface area contributed by atoms with Crippen molar-refractivity contribution < 1.29 is 9.18 Å². The Morgan fingerprint density at radius 2 is 1.74 bits per heavy atom. The van der Waals surface area contributed by atoms with Gasteiger partial charge in [0.1, 0.15) is 5.82 Å². The highest BCUT2D eigenvalue weighted by molar-refractivity contribution is 6.11. The largest absolute Gasteiger partial charge is 0.360 e. The van der Waals surface area contributed by atoms with E-state index in [1.807, 2.05) is 66.7 Å². The predicted octanol–water partition coefficient (Wildman–Crippen LogP) is 6.13. The minimum Gasteiger partial charge on any atom is -0.360 e. The molecule has 0 aliphatic rings. The van der Waals surface area contributed by atoms with E-state index in [0.29, 0.717) is 18.5 Å². The third-order valence-electron chi connectivity index (χ3n) is 5.98. The van der Waals surface area contributed by atoms with Gasteiger partial charge in [0.2, 0.25) is 0 Å². The number of carbonyl (C=O) groups excluding carboxylic acids is 1. The fourth-order valence-electron chi connectivity index (χ4n) is 4.20. The second kappa shape index (κ2) is 9.81. The molecular formula is C29H24FN3O. The zero-order chi connectivity index (χ0) is 23.3. The smallest absolute Gasteiger partial charge is 0.186 e. The van der Waals surface area contributed by atoms with Crippen molar-refractivity contribution in [3.05, 3.63) is 126 Å². The Hall–Kier alpha value is -4.09. The molecule has 5 aromatic rings. The number of halogens is 1. The molecule has 2 aromatic heterocycles. The van der Waals surface area contributed by atoms with Gasteiger partial charge in [0.15, 0.2) is 5.78 Å². The number of H-pyrrole nitrogens is 1. The van der Waals surface area contributed by atoms with Gasteiger partial charge >= 0.3 is 0 Å². The molecule has 0 saturated carbocycles. The normalized spacial score (nSPS) is 12.0. The second-order valence-corrected chi connectivity index (χ2v) is 8.22. The van der Waals surface area contributed by atoms with Crippen LogP contribution in [0.15, 0.2) is 103 Å². The zero-order valence-electron chi connectivity index (χ0n) is 18.5. The number of benzene rings is 3. The van der Waals surface area contributed by atoms with E-state index in [0.717, 1.165) is 33.3 Å². The molecule has 0 amide bonds. The molecule has 1 atom stereocenters. The lowest BCUT2D eigenvalue weighted by atomic mass is 9.96. The summed E-state index contributed by atoms with van der Waals surface area (Å²) in [6.45, 7) is 0.586. The number of hydrogen-bond donors (Lipinski definition) is 2. The van der Waals surface area contributed by atoms with Crippen LogP contribution >= 0.6 is 0 Å². The van der Waals surface area contributed by atoms with Crippen molar-refractivity contribution >= 4 is 16.7 Å². The molecule has 5 rings (SSSR count). The fourth-order valence-corrected chi connectivity index (χ4v) is 4.20. The van der Waals surface area contributed by atoms with Crippen LogP contribution in [0.25, 0.3) is 22.2 Å². The Bertz CT molecular complexity index is 1400. The van der Waals surface area contributed by atoms with Crippen LogP contribution in [0.1, 0.15) is 27.5 Å². The minimum atomic E-state index is -0.490. The van der Waals surface area contributed by atoms with Crippen LogP contribution in [-0.2, 0) is 6.42 Å². The molecule has 0 radical (unpaired) electrons. The average molecular weight is 450 g/mol. The summed E-state index contributed by atoms with van der Waals surface area (Å²) < 4.78 is 13.2. The number of fused-ring (bicyclic) bond motifs is 1. The standard InChI is InChI=1S/C29H24FN3O/c30-23-12-9-20(10-13-23)15-17-32-28(21-6-2-1-3-7-21)29(34)25-19-33-27-18-22(11-14-24(25)27)26-8-4-5-16-31-26/h1-14,16,18-19,28,32-33H,15,17H2/t28-/m1/s1. The Morgan fingerprint density at radius 1 is 0.941 bits per heavy atom. The van der Waals surface area contributed by atoms with Gasteiger partial charge in [-0.05, 0) is 47.9 Å². The monoisotopic (exact) mass is 449 g/mol. The molecule has 0 bridgehead atoms. The van der Waals surface area contributed by atoms with Crippen molar-refractivity contribution in [1.29, 1.82) is 0 Å². The molecule has 0 saturated heterocycles. The summed E-state index contributed by atoms with van der Waals surface area (Å²) in [7, 11) is 0. The van der Waals surface area contributed by atoms with E-state index in [1.165, 1.54) is 12.1 Å². The maximum Gasteiger partial charge on any atom is 0.186 e. The van der Waals surface area contributed by atoms with Crippen LogP contribution in [0.4, 0.5) is 4.39 Å². The number of nitrogens with zero attached hydrogens (tertiary/aromatic N) is 1. The van der Waals surface area contributed by atoms with Crippen molar-refractivity contribution in [2.75, 3.05) is 6.54 Å². The molecule has 34 heavy (non-hydrogen) atoms. The summed E-state index contributed by atoms with van der Waals surface area (Å²) in [5.41, 5.74) is 5.34. The number of nitrogens with one attached hydrogen (secondary N) is 2. The van der Waals surface area contributed by atoms with E-state index in [4.69, 9.17) is 0 Å². The van der Waals surface area contributed by atoms with E-state index in [2.05, 4.69) is 15.3 Å². The summed E-state index contributed by atoms with van der Waals surface area (Å²) in [4.78, 5) is 21.4. The molecule has 0 aliphatic heterocycles. The minimum absolute atomic E-state index is 0.00198. The van der Waals surface area contributed by atoms with Gasteiger partial charge in [0.25, 0.3) is 0 Å². The third-order valence-corrected chi connectivity index (χ3v) is 5.98. The number of hydrogen-bond acceptors (Lipinski definition) is 3. The third kappa shape index (κ3) is 4.65. The van der Waals surface area contributed by atoms with Crippen molar-refractivity contribution in [3.8, 4) is 11.3 Å².